The largest absolute Gasteiger partial charge is 0.481 e. The fourth-order valence-corrected chi connectivity index (χ4v) is 5.04. The Bertz CT molecular complexity index is 1420. The zero-order valence-electron chi connectivity index (χ0n) is 29.7. The molecule has 0 aromatic heterocycles. The molecule has 1 heterocycles. The van der Waals surface area contributed by atoms with E-state index in [2.05, 4.69) is 55.2 Å². The lowest BCUT2D eigenvalue weighted by atomic mass is 10.1. The van der Waals surface area contributed by atoms with Crippen molar-refractivity contribution in [1.29, 1.82) is 0 Å². The number of thiol groups is 1. The summed E-state index contributed by atoms with van der Waals surface area (Å²) in [4.78, 5) is 124. The van der Waals surface area contributed by atoms with Crippen LogP contribution >= 0.6 is 12.6 Å². The van der Waals surface area contributed by atoms with Gasteiger partial charge in [0.05, 0.1) is 25.9 Å². The van der Waals surface area contributed by atoms with Crippen LogP contribution in [0.5, 0.6) is 0 Å². The molecule has 1 aliphatic rings. The molecule has 0 spiro atoms. The summed E-state index contributed by atoms with van der Waals surface area (Å²) in [7, 11) is 0. The Morgan fingerprint density at radius 1 is 0.636 bits per heavy atom. The van der Waals surface area contributed by atoms with Gasteiger partial charge in [-0.15, -0.1) is 0 Å². The molecular formula is C30H49N9O15S. The predicted octanol–water partition coefficient (Wildman–Crippen LogP) is -7.73. The van der Waals surface area contributed by atoms with E-state index in [1.54, 1.807) is 0 Å². The first-order chi connectivity index (χ1) is 25.9. The lowest BCUT2D eigenvalue weighted by Gasteiger charge is -2.26. The Morgan fingerprint density at radius 2 is 1.04 bits per heavy atom. The highest BCUT2D eigenvalue weighted by molar-refractivity contribution is 7.80. The third-order valence-corrected chi connectivity index (χ3v) is 8.33. The molecule has 0 unspecified atom stereocenters. The number of aliphatic hydroxyl groups is 3. The second kappa shape index (κ2) is 24.3. The summed E-state index contributed by atoms with van der Waals surface area (Å²) in [5, 5.41) is 65.6. The van der Waals surface area contributed by atoms with Gasteiger partial charge in [-0.2, -0.15) is 12.6 Å². The molecule has 0 radical (unpaired) electrons. The zero-order valence-corrected chi connectivity index (χ0v) is 30.6. The first kappa shape index (κ1) is 47.9. The van der Waals surface area contributed by atoms with Crippen LogP contribution in [-0.2, 0) is 47.9 Å². The van der Waals surface area contributed by atoms with E-state index in [-0.39, 0.29) is 0 Å². The van der Waals surface area contributed by atoms with E-state index in [1.807, 2.05) is 0 Å². The number of aliphatic hydroxyl groups excluding tert-OH is 3. The monoisotopic (exact) mass is 807 g/mol. The molecule has 1 fully saturated rings. The van der Waals surface area contributed by atoms with Crippen LogP contribution in [0.25, 0.3) is 0 Å². The number of carboxylic acids is 2. The minimum Gasteiger partial charge on any atom is -0.481 e. The maximum absolute atomic E-state index is 13.2. The number of hydrogen-bond donors (Lipinski definition) is 15. The summed E-state index contributed by atoms with van der Waals surface area (Å²) < 4.78 is 0. The SMILES string of the molecule is C[C@H](NC(=O)[C@H](CCC(=O)O)NC(=O)[C@H](CO)NC(=O)[C@H](CS)NC(=O)[C@H](CO)NC(=O)[C@H](CCC(N)=O)NC(=O)[C@H](CO)NC(=O)[C@@H]1CCCN1)C(=O)O. The van der Waals surface area contributed by atoms with E-state index >= 15 is 0 Å². The molecule has 1 aliphatic heterocycles. The van der Waals surface area contributed by atoms with Gasteiger partial charge in [0, 0.05) is 18.6 Å². The molecule has 1 saturated heterocycles. The van der Waals surface area contributed by atoms with Gasteiger partial charge in [0.2, 0.25) is 47.3 Å². The van der Waals surface area contributed by atoms with Crippen LogP contribution in [0.2, 0.25) is 0 Å². The number of carbonyl (C=O) groups excluding carboxylic acids is 8. The number of hydrogen-bond acceptors (Lipinski definition) is 15. The first-order valence-electron chi connectivity index (χ1n) is 16.9. The van der Waals surface area contributed by atoms with Crippen LogP contribution in [-0.4, -0.2) is 165 Å². The number of nitrogens with two attached hydrogens (primary N) is 1. The highest BCUT2D eigenvalue weighted by Gasteiger charge is 2.34. The van der Waals surface area contributed by atoms with Crippen LogP contribution in [0, 0.1) is 0 Å². The van der Waals surface area contributed by atoms with Crippen molar-refractivity contribution in [3.8, 4) is 0 Å². The summed E-state index contributed by atoms with van der Waals surface area (Å²) in [6.45, 7) is -1.33. The van der Waals surface area contributed by atoms with E-state index < -0.39 is 159 Å². The zero-order chi connectivity index (χ0) is 41.8. The van der Waals surface area contributed by atoms with Crippen LogP contribution < -0.4 is 48.3 Å². The summed E-state index contributed by atoms with van der Waals surface area (Å²) in [5.41, 5.74) is 5.18. The first-order valence-corrected chi connectivity index (χ1v) is 17.5. The van der Waals surface area contributed by atoms with Gasteiger partial charge in [0.15, 0.2) is 0 Å². The standard InChI is InChI=1S/C30H49N9O15S/c1-13(30(53)54)33-24(47)16(5-7-22(44)45)35-27(50)18(10-41)38-29(52)20(12-55)39-28(51)19(11-42)37-25(48)15(4-6-21(31)43)34-26(49)17(9-40)36-23(46)14-3-2-8-32-14/h13-20,32,40-42,55H,2-12H2,1H3,(H2,31,43)(H,33,47)(H,34,49)(H,35,50)(H,36,46)(H,37,48)(H,38,52)(H,39,51)(H,44,45)(H,53,54)/t13-,14-,15-,16-,17-,18-,19-,20-/m0/s1. The number of aliphatic carboxylic acids is 2. The second-order valence-corrected chi connectivity index (χ2v) is 12.6. The van der Waals surface area contributed by atoms with Gasteiger partial charge in [-0.05, 0) is 39.2 Å². The molecule has 24 nitrogen and oxygen atoms in total. The van der Waals surface area contributed by atoms with Crippen molar-refractivity contribution in [1.82, 2.24) is 42.5 Å². The lowest BCUT2D eigenvalue weighted by molar-refractivity contribution is -0.142. The minimum absolute atomic E-state index is 0.410. The van der Waals surface area contributed by atoms with Gasteiger partial charge in [-0.25, -0.2) is 0 Å². The van der Waals surface area contributed by atoms with Gasteiger partial charge in [0.1, 0.15) is 42.3 Å². The molecule has 310 valence electrons. The fourth-order valence-electron chi connectivity index (χ4n) is 4.79. The van der Waals surface area contributed by atoms with Crippen LogP contribution in [0.3, 0.4) is 0 Å². The number of amides is 8. The highest BCUT2D eigenvalue weighted by Crippen LogP contribution is 2.06. The molecule has 25 heteroatoms. The second-order valence-electron chi connectivity index (χ2n) is 12.3. The predicted molar refractivity (Wildman–Crippen MR) is 188 cm³/mol. The van der Waals surface area contributed by atoms with Gasteiger partial charge < -0.3 is 73.8 Å². The van der Waals surface area contributed by atoms with E-state index in [0.717, 1.165) is 6.92 Å². The van der Waals surface area contributed by atoms with Gasteiger partial charge in [-0.3, -0.25) is 47.9 Å². The quantitative estimate of drug-likeness (QED) is 0.0381. The highest BCUT2D eigenvalue weighted by atomic mass is 32.1. The van der Waals surface area contributed by atoms with Crippen LogP contribution in [0.15, 0.2) is 0 Å². The summed E-state index contributed by atoms with van der Waals surface area (Å²) in [6.07, 6.45) is -0.791. The Balaban J connectivity index is 3.00. The van der Waals surface area contributed by atoms with Crippen LogP contribution in [0.4, 0.5) is 0 Å². The van der Waals surface area contributed by atoms with Crippen molar-refractivity contribution in [3.63, 3.8) is 0 Å². The van der Waals surface area contributed by atoms with Crippen molar-refractivity contribution < 1.29 is 73.5 Å². The number of carboxylic acid groups (broad SMARTS) is 2. The molecule has 8 amide bonds. The topological polar surface area (TPSA) is 394 Å². The fraction of sp³-hybridized carbons (Fsp3) is 0.667. The number of rotatable bonds is 25. The minimum atomic E-state index is -1.80. The maximum atomic E-state index is 13.2. The molecular weight excluding hydrogens is 758 g/mol. The van der Waals surface area contributed by atoms with Gasteiger partial charge in [-0.1, -0.05) is 0 Å². The smallest absolute Gasteiger partial charge is 0.325 e. The molecule has 1 rings (SSSR count). The number of nitrogens with one attached hydrogen (secondary N) is 8. The molecule has 0 aliphatic carbocycles. The third-order valence-electron chi connectivity index (χ3n) is 7.96. The summed E-state index contributed by atoms with van der Waals surface area (Å²) in [5.74, 6) is -11.4. The molecule has 55 heavy (non-hydrogen) atoms. The molecule has 0 saturated carbocycles. The van der Waals surface area contributed by atoms with E-state index in [1.165, 1.54) is 0 Å². The van der Waals surface area contributed by atoms with Crippen molar-refractivity contribution in [2.75, 3.05) is 32.1 Å². The molecule has 15 N–H and O–H groups in total. The average molecular weight is 808 g/mol. The van der Waals surface area contributed by atoms with E-state index in [0.29, 0.717) is 19.4 Å². The third kappa shape index (κ3) is 16.8. The molecule has 0 aromatic carbocycles. The molecule has 0 bridgehead atoms. The average Bonchev–Trinajstić information content (AvgIpc) is 3.68. The summed E-state index contributed by atoms with van der Waals surface area (Å²) in [6, 6.07) is -11.9. The normalized spacial score (nSPS) is 17.4. The van der Waals surface area contributed by atoms with Crippen molar-refractivity contribution in [3.05, 3.63) is 0 Å². The van der Waals surface area contributed by atoms with Crippen LogP contribution in [0.1, 0.15) is 45.4 Å². The Kier molecular flexibility index (Phi) is 21.2. The lowest BCUT2D eigenvalue weighted by Crippen LogP contribution is -2.61. The van der Waals surface area contributed by atoms with E-state index in [9.17, 15) is 63.3 Å². The van der Waals surface area contributed by atoms with Crippen molar-refractivity contribution in [2.45, 2.75) is 93.8 Å². The Morgan fingerprint density at radius 3 is 1.44 bits per heavy atom. The maximum Gasteiger partial charge on any atom is 0.325 e. The van der Waals surface area contributed by atoms with Crippen molar-refractivity contribution >= 4 is 71.8 Å². The molecule has 8 atom stereocenters. The van der Waals surface area contributed by atoms with Gasteiger partial charge >= 0.3 is 11.9 Å². The van der Waals surface area contributed by atoms with E-state index in [4.69, 9.17) is 15.9 Å². The van der Waals surface area contributed by atoms with Crippen molar-refractivity contribution in [2.24, 2.45) is 5.73 Å². The molecule has 0 aromatic rings. The number of carbonyl (C=O) groups is 10. The Labute approximate surface area is 319 Å². The summed E-state index contributed by atoms with van der Waals surface area (Å²) >= 11 is 3.98. The Hall–Kier alpha value is -5.11. The number of primary amides is 1. The van der Waals surface area contributed by atoms with Gasteiger partial charge in [0.25, 0.3) is 0 Å².